The zero-order valence-corrected chi connectivity index (χ0v) is 10.9. The van der Waals surface area contributed by atoms with Crippen LogP contribution < -0.4 is 5.73 Å². The molecule has 1 aliphatic rings. The Labute approximate surface area is 99.6 Å². The van der Waals surface area contributed by atoms with Crippen LogP contribution in [0.1, 0.15) is 46.0 Å². The van der Waals surface area contributed by atoms with Gasteiger partial charge in [0, 0.05) is 12.6 Å². The van der Waals surface area contributed by atoms with E-state index in [0.29, 0.717) is 6.04 Å². The van der Waals surface area contributed by atoms with E-state index in [1.54, 1.807) is 0 Å². The maximum atomic E-state index is 8.92. The van der Waals surface area contributed by atoms with Crippen LogP contribution in [-0.4, -0.2) is 30.1 Å². The monoisotopic (exact) mass is 223 g/mol. The van der Waals surface area contributed by atoms with E-state index in [4.69, 9.17) is 11.0 Å². The number of nitrogens with zero attached hydrogens (tertiary/aromatic N) is 2. The Morgan fingerprint density at radius 2 is 2.06 bits per heavy atom. The van der Waals surface area contributed by atoms with Crippen molar-refractivity contribution in [1.29, 1.82) is 5.26 Å². The van der Waals surface area contributed by atoms with Crippen molar-refractivity contribution in [2.24, 2.45) is 11.7 Å². The maximum Gasteiger partial charge on any atom is 0.102 e. The van der Waals surface area contributed by atoms with Gasteiger partial charge in [0.25, 0.3) is 0 Å². The van der Waals surface area contributed by atoms with Crippen molar-refractivity contribution in [3.63, 3.8) is 0 Å². The molecule has 0 saturated heterocycles. The largest absolute Gasteiger partial charge is 0.314 e. The summed E-state index contributed by atoms with van der Waals surface area (Å²) in [6.45, 7) is 5.13. The molecule has 0 aromatic heterocycles. The van der Waals surface area contributed by atoms with Crippen LogP contribution in [-0.2, 0) is 0 Å². The first-order valence-corrected chi connectivity index (χ1v) is 6.35. The standard InChI is InChI=1S/C13H25N3/c1-11(8-13(2,15)10-14)16(3)9-12-6-4-5-7-12/h11-12H,4-9,15H2,1-3H3. The van der Waals surface area contributed by atoms with Crippen LogP contribution in [0.25, 0.3) is 0 Å². The number of nitriles is 1. The molecule has 3 heteroatoms. The summed E-state index contributed by atoms with van der Waals surface area (Å²) >= 11 is 0. The highest BCUT2D eigenvalue weighted by atomic mass is 15.1. The first-order valence-electron chi connectivity index (χ1n) is 6.35. The minimum atomic E-state index is -0.691. The molecule has 2 unspecified atom stereocenters. The highest BCUT2D eigenvalue weighted by molar-refractivity contribution is 5.02. The number of rotatable bonds is 5. The van der Waals surface area contributed by atoms with Crippen LogP contribution in [0, 0.1) is 17.2 Å². The maximum absolute atomic E-state index is 8.92. The van der Waals surface area contributed by atoms with Crippen molar-refractivity contribution >= 4 is 0 Å². The third-order valence-electron chi connectivity index (χ3n) is 3.75. The molecule has 1 rings (SSSR count). The highest BCUT2D eigenvalue weighted by Gasteiger charge is 2.25. The summed E-state index contributed by atoms with van der Waals surface area (Å²) in [5.41, 5.74) is 5.18. The molecule has 0 bridgehead atoms. The average Bonchev–Trinajstić information content (AvgIpc) is 2.69. The summed E-state index contributed by atoms with van der Waals surface area (Å²) in [4.78, 5) is 2.36. The minimum absolute atomic E-state index is 0.384. The minimum Gasteiger partial charge on any atom is -0.314 e. The van der Waals surface area contributed by atoms with Crippen molar-refractivity contribution in [2.75, 3.05) is 13.6 Å². The molecule has 1 aliphatic carbocycles. The SMILES string of the molecule is CC(CC(C)(N)C#N)N(C)CC1CCCC1. The van der Waals surface area contributed by atoms with E-state index in [2.05, 4.69) is 24.9 Å². The van der Waals surface area contributed by atoms with Crippen LogP contribution in [0.15, 0.2) is 0 Å². The quantitative estimate of drug-likeness (QED) is 0.777. The lowest BCUT2D eigenvalue weighted by molar-refractivity contribution is 0.195. The number of hydrogen-bond acceptors (Lipinski definition) is 3. The molecule has 1 saturated carbocycles. The van der Waals surface area contributed by atoms with Crippen molar-refractivity contribution in [2.45, 2.75) is 57.5 Å². The van der Waals surface area contributed by atoms with Crippen molar-refractivity contribution < 1.29 is 0 Å². The van der Waals surface area contributed by atoms with E-state index in [1.807, 2.05) is 6.92 Å². The van der Waals surface area contributed by atoms with Gasteiger partial charge in [0.1, 0.15) is 5.54 Å². The molecule has 0 aliphatic heterocycles. The van der Waals surface area contributed by atoms with Crippen LogP contribution >= 0.6 is 0 Å². The summed E-state index contributed by atoms with van der Waals surface area (Å²) < 4.78 is 0. The van der Waals surface area contributed by atoms with Crippen LogP contribution in [0.5, 0.6) is 0 Å². The Kier molecular flexibility index (Phi) is 4.76. The molecule has 92 valence electrons. The summed E-state index contributed by atoms with van der Waals surface area (Å²) in [7, 11) is 2.15. The van der Waals surface area contributed by atoms with Gasteiger partial charge < -0.3 is 10.6 Å². The van der Waals surface area contributed by atoms with Gasteiger partial charge in [0.2, 0.25) is 0 Å². The molecule has 0 aromatic rings. The van der Waals surface area contributed by atoms with E-state index in [1.165, 1.54) is 25.7 Å². The van der Waals surface area contributed by atoms with Gasteiger partial charge >= 0.3 is 0 Å². The fourth-order valence-corrected chi connectivity index (χ4v) is 2.60. The first kappa shape index (κ1) is 13.5. The van der Waals surface area contributed by atoms with Gasteiger partial charge in [-0.2, -0.15) is 5.26 Å². The lowest BCUT2D eigenvalue weighted by Gasteiger charge is -2.30. The Morgan fingerprint density at radius 3 is 2.56 bits per heavy atom. The summed E-state index contributed by atoms with van der Waals surface area (Å²) in [5, 5.41) is 8.92. The average molecular weight is 223 g/mol. The van der Waals surface area contributed by atoms with E-state index in [0.717, 1.165) is 18.9 Å². The fourth-order valence-electron chi connectivity index (χ4n) is 2.60. The molecular formula is C13H25N3. The third-order valence-corrected chi connectivity index (χ3v) is 3.75. The Hall–Kier alpha value is -0.590. The van der Waals surface area contributed by atoms with Crippen molar-refractivity contribution in [1.82, 2.24) is 4.90 Å². The second-order valence-electron chi connectivity index (χ2n) is 5.67. The van der Waals surface area contributed by atoms with Crippen molar-refractivity contribution in [3.8, 4) is 6.07 Å². The fraction of sp³-hybridized carbons (Fsp3) is 0.923. The highest BCUT2D eigenvalue weighted by Crippen LogP contribution is 2.26. The Balaban J connectivity index is 2.35. The third kappa shape index (κ3) is 4.11. The topological polar surface area (TPSA) is 53.1 Å². The molecule has 3 nitrogen and oxygen atoms in total. The molecule has 1 fully saturated rings. The van der Waals surface area contributed by atoms with Crippen LogP contribution in [0.3, 0.4) is 0 Å². The molecule has 0 spiro atoms. The molecule has 0 aromatic carbocycles. The van der Waals surface area contributed by atoms with E-state index in [9.17, 15) is 0 Å². The number of nitrogens with two attached hydrogens (primary N) is 1. The predicted molar refractivity (Wildman–Crippen MR) is 66.9 cm³/mol. The first-order chi connectivity index (χ1) is 7.44. The zero-order chi connectivity index (χ0) is 12.2. The Morgan fingerprint density at radius 1 is 1.50 bits per heavy atom. The van der Waals surface area contributed by atoms with E-state index in [-0.39, 0.29) is 0 Å². The molecule has 16 heavy (non-hydrogen) atoms. The van der Waals surface area contributed by atoms with Gasteiger partial charge in [-0.05, 0) is 46.1 Å². The molecule has 0 heterocycles. The second kappa shape index (κ2) is 5.65. The smallest absolute Gasteiger partial charge is 0.102 e. The van der Waals surface area contributed by atoms with Crippen LogP contribution in [0.2, 0.25) is 0 Å². The van der Waals surface area contributed by atoms with Gasteiger partial charge in [0.15, 0.2) is 0 Å². The molecular weight excluding hydrogens is 198 g/mol. The van der Waals surface area contributed by atoms with Gasteiger partial charge in [0.05, 0.1) is 6.07 Å². The van der Waals surface area contributed by atoms with Gasteiger partial charge in [-0.1, -0.05) is 12.8 Å². The van der Waals surface area contributed by atoms with Gasteiger partial charge in [-0.25, -0.2) is 0 Å². The summed E-state index contributed by atoms with van der Waals surface area (Å²) in [6, 6.07) is 2.56. The second-order valence-corrected chi connectivity index (χ2v) is 5.67. The van der Waals surface area contributed by atoms with Crippen LogP contribution in [0.4, 0.5) is 0 Å². The molecule has 0 amide bonds. The summed E-state index contributed by atoms with van der Waals surface area (Å²) in [5.74, 6) is 0.860. The summed E-state index contributed by atoms with van der Waals surface area (Å²) in [6.07, 6.45) is 6.26. The van der Waals surface area contributed by atoms with E-state index >= 15 is 0 Å². The van der Waals surface area contributed by atoms with Gasteiger partial charge in [-0.15, -0.1) is 0 Å². The predicted octanol–water partition coefficient (Wildman–Crippen LogP) is 2.13. The lowest BCUT2D eigenvalue weighted by Crippen LogP contribution is -2.43. The lowest BCUT2D eigenvalue weighted by atomic mass is 9.95. The zero-order valence-electron chi connectivity index (χ0n) is 10.9. The van der Waals surface area contributed by atoms with E-state index < -0.39 is 5.54 Å². The molecule has 2 N–H and O–H groups in total. The number of hydrogen-bond donors (Lipinski definition) is 1. The van der Waals surface area contributed by atoms with Crippen molar-refractivity contribution in [3.05, 3.63) is 0 Å². The molecule has 2 atom stereocenters. The molecule has 0 radical (unpaired) electrons. The normalized spacial score (nSPS) is 23.0. The van der Waals surface area contributed by atoms with Gasteiger partial charge in [-0.3, -0.25) is 0 Å². The Bertz CT molecular complexity index is 248.